The SMILES string of the molecule is NC(=O)[C@H]1CN(c2ccc(Nc3nc(-c4cnc5c(c4)NCCO5)cn4ccnc34)cc2)CCO1. The van der Waals surface area contributed by atoms with Crippen molar-refractivity contribution in [3.05, 3.63) is 55.1 Å². The maximum Gasteiger partial charge on any atom is 0.248 e. The quantitative estimate of drug-likeness (QED) is 0.399. The molecule has 178 valence electrons. The zero-order chi connectivity index (χ0) is 23.8. The fourth-order valence-electron chi connectivity index (χ4n) is 4.27. The molecule has 1 aromatic carbocycles. The highest BCUT2D eigenvalue weighted by Gasteiger charge is 2.25. The molecule has 11 nitrogen and oxygen atoms in total. The van der Waals surface area contributed by atoms with Gasteiger partial charge >= 0.3 is 0 Å². The number of nitrogens with two attached hydrogens (primary N) is 1. The molecule has 1 fully saturated rings. The number of fused-ring (bicyclic) bond motifs is 2. The molecule has 1 atom stereocenters. The molecule has 0 saturated carbocycles. The summed E-state index contributed by atoms with van der Waals surface area (Å²) in [5.41, 5.74) is 10.5. The van der Waals surface area contributed by atoms with Crippen LogP contribution in [0.15, 0.2) is 55.1 Å². The second-order valence-electron chi connectivity index (χ2n) is 8.36. The zero-order valence-electron chi connectivity index (χ0n) is 18.8. The Morgan fingerprint density at radius 2 is 2.09 bits per heavy atom. The van der Waals surface area contributed by atoms with Gasteiger partial charge in [0, 0.05) is 54.8 Å². The van der Waals surface area contributed by atoms with Crippen molar-refractivity contribution < 1.29 is 14.3 Å². The number of hydrogen-bond acceptors (Lipinski definition) is 9. The van der Waals surface area contributed by atoms with Crippen LogP contribution in [0.25, 0.3) is 16.9 Å². The maximum absolute atomic E-state index is 11.5. The maximum atomic E-state index is 11.5. The van der Waals surface area contributed by atoms with Gasteiger partial charge in [-0.15, -0.1) is 0 Å². The minimum atomic E-state index is -0.595. The number of hydrogen-bond donors (Lipinski definition) is 3. The van der Waals surface area contributed by atoms with Crippen LogP contribution < -0.4 is 26.0 Å². The lowest BCUT2D eigenvalue weighted by atomic mass is 10.2. The van der Waals surface area contributed by atoms with E-state index in [1.807, 2.05) is 47.1 Å². The molecule has 0 unspecified atom stereocenters. The number of amides is 1. The molecule has 1 saturated heterocycles. The lowest BCUT2D eigenvalue weighted by Gasteiger charge is -2.33. The van der Waals surface area contributed by atoms with E-state index in [4.69, 9.17) is 20.2 Å². The van der Waals surface area contributed by atoms with Crippen molar-refractivity contribution in [2.45, 2.75) is 6.10 Å². The lowest BCUT2D eigenvalue weighted by Crippen LogP contribution is -2.48. The average Bonchev–Trinajstić information content (AvgIpc) is 3.38. The van der Waals surface area contributed by atoms with E-state index < -0.39 is 12.0 Å². The Morgan fingerprint density at radius 1 is 1.20 bits per heavy atom. The van der Waals surface area contributed by atoms with Crippen molar-refractivity contribution in [1.82, 2.24) is 19.4 Å². The van der Waals surface area contributed by atoms with Gasteiger partial charge in [-0.05, 0) is 30.3 Å². The van der Waals surface area contributed by atoms with Crippen molar-refractivity contribution in [2.75, 3.05) is 48.4 Å². The summed E-state index contributed by atoms with van der Waals surface area (Å²) in [6.07, 6.45) is 6.72. The first kappa shape index (κ1) is 21.2. The third-order valence-electron chi connectivity index (χ3n) is 6.06. The molecule has 35 heavy (non-hydrogen) atoms. The lowest BCUT2D eigenvalue weighted by molar-refractivity contribution is -0.130. The van der Waals surface area contributed by atoms with E-state index >= 15 is 0 Å². The van der Waals surface area contributed by atoms with Crippen molar-refractivity contribution in [3.63, 3.8) is 0 Å². The molecule has 4 aromatic rings. The summed E-state index contributed by atoms with van der Waals surface area (Å²) >= 11 is 0. The largest absolute Gasteiger partial charge is 0.474 e. The highest BCUT2D eigenvalue weighted by atomic mass is 16.5. The number of anilines is 4. The predicted molar refractivity (Wildman–Crippen MR) is 131 cm³/mol. The van der Waals surface area contributed by atoms with E-state index in [9.17, 15) is 4.79 Å². The molecule has 3 aromatic heterocycles. The van der Waals surface area contributed by atoms with Gasteiger partial charge in [0.15, 0.2) is 17.6 Å². The first-order valence-electron chi connectivity index (χ1n) is 11.4. The van der Waals surface area contributed by atoms with Crippen LogP contribution in [0, 0.1) is 0 Å². The number of carbonyl (C=O) groups excluding carboxylic acids is 1. The number of primary amides is 1. The molecular formula is C24H24N8O3. The molecule has 0 spiro atoms. The first-order chi connectivity index (χ1) is 17.1. The molecule has 6 rings (SSSR count). The number of pyridine rings is 1. The van der Waals surface area contributed by atoms with E-state index in [1.54, 1.807) is 12.4 Å². The van der Waals surface area contributed by atoms with Crippen LogP contribution in [0.2, 0.25) is 0 Å². The Morgan fingerprint density at radius 3 is 2.94 bits per heavy atom. The monoisotopic (exact) mass is 472 g/mol. The van der Waals surface area contributed by atoms with Gasteiger partial charge in [-0.1, -0.05) is 0 Å². The number of benzene rings is 1. The van der Waals surface area contributed by atoms with Gasteiger partial charge in [0.1, 0.15) is 6.61 Å². The van der Waals surface area contributed by atoms with Crippen molar-refractivity contribution in [1.29, 1.82) is 0 Å². The number of nitrogens with zero attached hydrogens (tertiary/aromatic N) is 5. The van der Waals surface area contributed by atoms with E-state index in [1.165, 1.54) is 0 Å². The molecule has 2 aliphatic rings. The molecule has 11 heteroatoms. The molecule has 1 amide bonds. The highest BCUT2D eigenvalue weighted by Crippen LogP contribution is 2.31. The molecule has 4 N–H and O–H groups in total. The summed E-state index contributed by atoms with van der Waals surface area (Å²) in [5, 5.41) is 6.70. The van der Waals surface area contributed by atoms with Crippen LogP contribution in [0.3, 0.4) is 0 Å². The second-order valence-corrected chi connectivity index (χ2v) is 8.36. The van der Waals surface area contributed by atoms with Crippen molar-refractivity contribution >= 4 is 34.4 Å². The minimum absolute atomic E-state index is 0.440. The summed E-state index contributed by atoms with van der Waals surface area (Å²) in [6.45, 7) is 2.94. The molecular weight excluding hydrogens is 448 g/mol. The molecule has 0 aliphatic carbocycles. The van der Waals surface area contributed by atoms with Crippen LogP contribution in [0.5, 0.6) is 5.88 Å². The number of ether oxygens (including phenoxy) is 2. The van der Waals surface area contributed by atoms with Gasteiger partial charge in [0.2, 0.25) is 11.8 Å². The fraction of sp³-hybridized carbons (Fsp3) is 0.250. The van der Waals surface area contributed by atoms with Gasteiger partial charge in [-0.2, -0.15) is 0 Å². The molecule has 5 heterocycles. The van der Waals surface area contributed by atoms with Crippen LogP contribution in [-0.4, -0.2) is 64.2 Å². The number of imidazole rings is 1. The van der Waals surface area contributed by atoms with E-state index in [0.717, 1.165) is 34.9 Å². The van der Waals surface area contributed by atoms with Crippen molar-refractivity contribution in [2.24, 2.45) is 5.73 Å². The van der Waals surface area contributed by atoms with E-state index in [-0.39, 0.29) is 0 Å². The third kappa shape index (κ3) is 4.17. The summed E-state index contributed by atoms with van der Waals surface area (Å²) in [6, 6.07) is 9.93. The number of aromatic nitrogens is 4. The van der Waals surface area contributed by atoms with Gasteiger partial charge < -0.3 is 35.1 Å². The van der Waals surface area contributed by atoms with Crippen LogP contribution in [0.4, 0.5) is 22.9 Å². The van der Waals surface area contributed by atoms with Gasteiger partial charge in [0.25, 0.3) is 0 Å². The minimum Gasteiger partial charge on any atom is -0.474 e. The predicted octanol–water partition coefficient (Wildman–Crippen LogP) is 2.03. The van der Waals surface area contributed by atoms with E-state index in [0.29, 0.717) is 43.6 Å². The van der Waals surface area contributed by atoms with Gasteiger partial charge in [-0.25, -0.2) is 15.0 Å². The number of morpholine rings is 1. The number of rotatable bonds is 5. The summed E-state index contributed by atoms with van der Waals surface area (Å²) in [4.78, 5) is 27.3. The summed E-state index contributed by atoms with van der Waals surface area (Å²) in [7, 11) is 0. The number of nitrogens with one attached hydrogen (secondary N) is 2. The Bertz CT molecular complexity index is 1390. The van der Waals surface area contributed by atoms with Crippen LogP contribution in [0.1, 0.15) is 0 Å². The highest BCUT2D eigenvalue weighted by molar-refractivity contribution is 5.80. The molecule has 0 radical (unpaired) electrons. The fourth-order valence-corrected chi connectivity index (χ4v) is 4.27. The topological polar surface area (TPSA) is 132 Å². The normalized spacial score (nSPS) is 17.4. The Kier molecular flexibility index (Phi) is 5.30. The first-order valence-corrected chi connectivity index (χ1v) is 11.4. The van der Waals surface area contributed by atoms with Crippen molar-refractivity contribution in [3.8, 4) is 17.1 Å². The molecule has 2 aliphatic heterocycles. The van der Waals surface area contributed by atoms with Crippen LogP contribution in [-0.2, 0) is 9.53 Å². The van der Waals surface area contributed by atoms with Gasteiger partial charge in [0.05, 0.1) is 24.5 Å². The summed E-state index contributed by atoms with van der Waals surface area (Å²) in [5.74, 6) is 0.784. The van der Waals surface area contributed by atoms with Gasteiger partial charge in [-0.3, -0.25) is 4.79 Å². The zero-order valence-corrected chi connectivity index (χ0v) is 18.8. The Labute approximate surface area is 200 Å². The average molecular weight is 473 g/mol. The smallest absolute Gasteiger partial charge is 0.248 e. The second kappa shape index (κ2) is 8.76. The Balaban J connectivity index is 1.27. The standard InChI is InChI=1S/C24H24N8O3/c25-21(33)20-14-31(8-10-34-20)17-3-1-16(2-4-17)29-22-23-27-5-7-32(23)13-19(30-22)15-11-18-24(28-12-15)35-9-6-26-18/h1-5,7,11-13,20,26H,6,8-10,14H2,(H2,25,33)(H,29,30)/t20-/m1/s1. The number of carbonyl (C=O) groups is 1. The Hall–Kier alpha value is -4.38. The molecule has 0 bridgehead atoms. The van der Waals surface area contributed by atoms with Crippen LogP contribution >= 0.6 is 0 Å². The third-order valence-corrected chi connectivity index (χ3v) is 6.06. The van der Waals surface area contributed by atoms with E-state index in [2.05, 4.69) is 25.5 Å². The summed E-state index contributed by atoms with van der Waals surface area (Å²) < 4.78 is 13.0.